The summed E-state index contributed by atoms with van der Waals surface area (Å²) < 4.78 is 41.4. The number of halogens is 3. The zero-order valence-electron chi connectivity index (χ0n) is 15.5. The molecule has 4 aromatic rings. The first-order chi connectivity index (χ1) is 14.2. The minimum atomic E-state index is -4.62. The number of carbonyl (C=O) groups is 1. The predicted octanol–water partition coefficient (Wildman–Crippen LogP) is 3.69. The average Bonchev–Trinajstić information content (AvgIpc) is 3.04. The van der Waals surface area contributed by atoms with Gasteiger partial charge < -0.3 is 11.5 Å². The van der Waals surface area contributed by atoms with Crippen molar-refractivity contribution < 1.29 is 18.0 Å². The van der Waals surface area contributed by atoms with Crippen molar-refractivity contribution in [2.75, 3.05) is 5.73 Å². The van der Waals surface area contributed by atoms with Crippen LogP contribution in [0.15, 0.2) is 60.9 Å². The highest BCUT2D eigenvalue weighted by molar-refractivity contribution is 5.80. The van der Waals surface area contributed by atoms with Crippen LogP contribution in [0.5, 0.6) is 0 Å². The number of aromatic nitrogens is 3. The van der Waals surface area contributed by atoms with Crippen molar-refractivity contribution >= 4 is 17.4 Å². The van der Waals surface area contributed by atoms with Crippen LogP contribution in [0, 0.1) is 0 Å². The number of alkyl halides is 3. The average molecular weight is 411 g/mol. The molecular weight excluding hydrogens is 395 g/mol. The number of amides is 1. The number of carbonyl (C=O) groups excluding carboxylic acids is 1. The molecule has 6 nitrogen and oxygen atoms in total. The standard InChI is InChI=1S/C21H16F3N5O/c22-21(23,24)15-8-14(10-27-20(15)26)13-6-7-18-28-16(9-17(25)30)19(29(18)11-13)12-4-2-1-3-5-12/h1-8,10-11H,9H2,(H2,25,30)(H2,26,27). The maximum absolute atomic E-state index is 13.2. The zero-order valence-corrected chi connectivity index (χ0v) is 15.5. The second-order valence-electron chi connectivity index (χ2n) is 6.72. The van der Waals surface area contributed by atoms with Gasteiger partial charge in [0, 0.05) is 29.1 Å². The SMILES string of the molecule is NC(=O)Cc1nc2ccc(-c3cnc(N)c(C(F)(F)F)c3)cn2c1-c1ccccc1. The first kappa shape index (κ1) is 19.4. The summed E-state index contributed by atoms with van der Waals surface area (Å²) in [6, 6.07) is 13.5. The summed E-state index contributed by atoms with van der Waals surface area (Å²) in [5, 5.41) is 0. The molecule has 0 saturated heterocycles. The van der Waals surface area contributed by atoms with Gasteiger partial charge in [0.25, 0.3) is 0 Å². The van der Waals surface area contributed by atoms with Crippen LogP contribution < -0.4 is 11.5 Å². The molecule has 0 aliphatic heterocycles. The van der Waals surface area contributed by atoms with Crippen LogP contribution in [-0.2, 0) is 17.4 Å². The van der Waals surface area contributed by atoms with E-state index in [0.29, 0.717) is 22.6 Å². The van der Waals surface area contributed by atoms with Crippen LogP contribution >= 0.6 is 0 Å². The Balaban J connectivity index is 1.92. The number of primary amides is 1. The summed E-state index contributed by atoms with van der Waals surface area (Å²) in [7, 11) is 0. The molecule has 0 spiro atoms. The third kappa shape index (κ3) is 3.57. The molecule has 1 aromatic carbocycles. The summed E-state index contributed by atoms with van der Waals surface area (Å²) in [6.45, 7) is 0. The van der Waals surface area contributed by atoms with E-state index >= 15 is 0 Å². The highest BCUT2D eigenvalue weighted by Crippen LogP contribution is 2.35. The van der Waals surface area contributed by atoms with Crippen molar-refractivity contribution in [3.8, 4) is 22.4 Å². The van der Waals surface area contributed by atoms with Gasteiger partial charge in [-0.1, -0.05) is 30.3 Å². The zero-order chi connectivity index (χ0) is 21.5. The Kier molecular flexibility index (Phi) is 4.65. The van der Waals surface area contributed by atoms with E-state index in [2.05, 4.69) is 9.97 Å². The van der Waals surface area contributed by atoms with Gasteiger partial charge in [-0.3, -0.25) is 9.20 Å². The largest absolute Gasteiger partial charge is 0.419 e. The van der Waals surface area contributed by atoms with E-state index in [-0.39, 0.29) is 12.0 Å². The fourth-order valence-corrected chi connectivity index (χ4v) is 3.31. The molecule has 9 heteroatoms. The third-order valence-corrected chi connectivity index (χ3v) is 4.64. The highest BCUT2D eigenvalue weighted by Gasteiger charge is 2.34. The number of anilines is 1. The Labute approximate surface area is 169 Å². The fraction of sp³-hybridized carbons (Fsp3) is 0.0952. The molecule has 0 aliphatic carbocycles. The molecule has 4 N–H and O–H groups in total. The van der Waals surface area contributed by atoms with E-state index in [4.69, 9.17) is 11.5 Å². The molecule has 1 amide bonds. The summed E-state index contributed by atoms with van der Waals surface area (Å²) in [5.74, 6) is -1.11. The molecule has 152 valence electrons. The molecule has 4 rings (SSSR count). The molecular formula is C21H16F3N5O. The van der Waals surface area contributed by atoms with Crippen LogP contribution in [0.25, 0.3) is 28.0 Å². The van der Waals surface area contributed by atoms with Gasteiger partial charge in [0.05, 0.1) is 23.4 Å². The second-order valence-corrected chi connectivity index (χ2v) is 6.72. The maximum atomic E-state index is 13.2. The number of imidazole rings is 1. The summed E-state index contributed by atoms with van der Waals surface area (Å²) in [6.07, 6.45) is -1.74. The van der Waals surface area contributed by atoms with Gasteiger partial charge in [0.15, 0.2) is 0 Å². The molecule has 0 radical (unpaired) electrons. The Morgan fingerprint density at radius 3 is 2.43 bits per heavy atom. The van der Waals surface area contributed by atoms with Crippen molar-refractivity contribution in [3.05, 3.63) is 72.2 Å². The number of hydrogen-bond acceptors (Lipinski definition) is 4. The molecule has 0 fully saturated rings. The quantitative estimate of drug-likeness (QED) is 0.535. The molecule has 0 unspecified atom stereocenters. The van der Waals surface area contributed by atoms with Crippen molar-refractivity contribution in [2.45, 2.75) is 12.6 Å². The molecule has 0 aliphatic rings. The van der Waals surface area contributed by atoms with Crippen molar-refractivity contribution in [2.24, 2.45) is 5.73 Å². The van der Waals surface area contributed by atoms with Crippen LogP contribution in [0.3, 0.4) is 0 Å². The van der Waals surface area contributed by atoms with Gasteiger partial charge in [-0.2, -0.15) is 13.2 Å². The van der Waals surface area contributed by atoms with Crippen molar-refractivity contribution in [1.29, 1.82) is 0 Å². The number of fused-ring (bicyclic) bond motifs is 1. The second kappa shape index (κ2) is 7.18. The number of nitrogens with zero attached hydrogens (tertiary/aromatic N) is 3. The van der Waals surface area contributed by atoms with Gasteiger partial charge in [0.1, 0.15) is 11.5 Å². The first-order valence-electron chi connectivity index (χ1n) is 8.92. The molecule has 0 saturated carbocycles. The molecule has 30 heavy (non-hydrogen) atoms. The lowest BCUT2D eigenvalue weighted by Crippen LogP contribution is -2.14. The topological polar surface area (TPSA) is 99.3 Å². The van der Waals surface area contributed by atoms with Gasteiger partial charge in [-0.15, -0.1) is 0 Å². The van der Waals surface area contributed by atoms with Gasteiger partial charge >= 0.3 is 6.18 Å². The lowest BCUT2D eigenvalue weighted by atomic mass is 10.1. The van der Waals surface area contributed by atoms with Crippen LogP contribution in [-0.4, -0.2) is 20.3 Å². The van der Waals surface area contributed by atoms with Crippen LogP contribution in [0.1, 0.15) is 11.3 Å². The van der Waals surface area contributed by atoms with Crippen molar-refractivity contribution in [1.82, 2.24) is 14.4 Å². The lowest BCUT2D eigenvalue weighted by Gasteiger charge is -2.12. The summed E-state index contributed by atoms with van der Waals surface area (Å²) in [4.78, 5) is 19.7. The third-order valence-electron chi connectivity index (χ3n) is 4.64. The number of benzene rings is 1. The van der Waals surface area contributed by atoms with Gasteiger partial charge in [-0.05, 0) is 18.2 Å². The van der Waals surface area contributed by atoms with E-state index in [9.17, 15) is 18.0 Å². The van der Waals surface area contributed by atoms with E-state index < -0.39 is 23.5 Å². The van der Waals surface area contributed by atoms with Crippen LogP contribution in [0.2, 0.25) is 0 Å². The number of hydrogen-bond donors (Lipinski definition) is 2. The molecule has 0 bridgehead atoms. The Hall–Kier alpha value is -3.88. The monoisotopic (exact) mass is 411 g/mol. The summed E-state index contributed by atoms with van der Waals surface area (Å²) >= 11 is 0. The number of nitrogens with two attached hydrogens (primary N) is 2. The van der Waals surface area contributed by atoms with E-state index in [0.717, 1.165) is 11.6 Å². The number of rotatable bonds is 4. The summed E-state index contributed by atoms with van der Waals surface area (Å²) in [5.41, 5.74) is 13.0. The van der Waals surface area contributed by atoms with E-state index in [1.807, 2.05) is 30.3 Å². The van der Waals surface area contributed by atoms with E-state index in [1.165, 1.54) is 6.20 Å². The maximum Gasteiger partial charge on any atom is 0.419 e. The smallest absolute Gasteiger partial charge is 0.383 e. The van der Waals surface area contributed by atoms with Crippen LogP contribution in [0.4, 0.5) is 19.0 Å². The minimum absolute atomic E-state index is 0.0666. The highest BCUT2D eigenvalue weighted by atomic mass is 19.4. The molecule has 3 aromatic heterocycles. The number of nitrogen functional groups attached to an aromatic ring is 1. The Morgan fingerprint density at radius 1 is 1.03 bits per heavy atom. The Bertz CT molecular complexity index is 1250. The minimum Gasteiger partial charge on any atom is -0.383 e. The predicted molar refractivity (Wildman–Crippen MR) is 106 cm³/mol. The van der Waals surface area contributed by atoms with Crippen molar-refractivity contribution in [3.63, 3.8) is 0 Å². The fourth-order valence-electron chi connectivity index (χ4n) is 3.31. The van der Waals surface area contributed by atoms with Gasteiger partial charge in [-0.25, -0.2) is 9.97 Å². The normalized spacial score (nSPS) is 11.7. The van der Waals surface area contributed by atoms with Gasteiger partial charge in [0.2, 0.25) is 5.91 Å². The first-order valence-corrected chi connectivity index (χ1v) is 8.92. The molecule has 0 atom stereocenters. The lowest BCUT2D eigenvalue weighted by molar-refractivity contribution is -0.137. The molecule has 3 heterocycles. The van der Waals surface area contributed by atoms with E-state index in [1.54, 1.807) is 22.7 Å². The number of pyridine rings is 2. The Morgan fingerprint density at radius 2 is 1.77 bits per heavy atom.